The third-order valence-electron chi connectivity index (χ3n) is 2.61. The van der Waals surface area contributed by atoms with Crippen LogP contribution in [0.1, 0.15) is 5.56 Å². The number of nitro benzene ring substituents is 2. The minimum absolute atomic E-state index is 0.102. The monoisotopic (exact) mass is 312 g/mol. The van der Waals surface area contributed by atoms with Crippen LogP contribution in [0, 0.1) is 20.2 Å². The van der Waals surface area contributed by atoms with Crippen molar-refractivity contribution in [2.45, 2.75) is 0 Å². The molecule has 0 heterocycles. The van der Waals surface area contributed by atoms with Gasteiger partial charge in [0.05, 0.1) is 36.7 Å². The Morgan fingerprint density at radius 3 is 2.09 bits per heavy atom. The second-order valence-corrected chi connectivity index (χ2v) is 3.77. The van der Waals surface area contributed by atoms with Crippen LogP contribution in [0.15, 0.2) is 12.1 Å². The van der Waals surface area contributed by atoms with Crippen molar-refractivity contribution in [3.63, 3.8) is 0 Å². The van der Waals surface area contributed by atoms with Crippen LogP contribution in [0.3, 0.4) is 0 Å². The quantitative estimate of drug-likeness (QED) is 0.335. The summed E-state index contributed by atoms with van der Waals surface area (Å²) in [7, 11) is 3.36. The van der Waals surface area contributed by atoms with Gasteiger partial charge in [0.1, 0.15) is 0 Å². The van der Waals surface area contributed by atoms with Crippen molar-refractivity contribution in [3.05, 3.63) is 37.9 Å². The molecular weight excluding hydrogens is 300 g/mol. The molecule has 0 aliphatic heterocycles. The topological polar surface area (TPSA) is 131 Å². The average Bonchev–Trinajstić information content (AvgIpc) is 2.49. The Balaban J connectivity index is 3.70. The van der Waals surface area contributed by atoms with Gasteiger partial charge in [-0.3, -0.25) is 20.2 Å². The summed E-state index contributed by atoms with van der Waals surface area (Å²) in [5.74, 6) is -1.55. The highest BCUT2D eigenvalue weighted by Crippen LogP contribution is 2.46. The first kappa shape index (κ1) is 16.9. The maximum Gasteiger partial charge on any atom is 0.359 e. The number of carbonyl (C=O) groups is 1. The molecule has 0 saturated carbocycles. The van der Waals surface area contributed by atoms with E-state index in [0.29, 0.717) is 0 Å². The lowest BCUT2D eigenvalue weighted by atomic mass is 10.1. The van der Waals surface area contributed by atoms with Crippen molar-refractivity contribution in [3.8, 4) is 11.5 Å². The third-order valence-corrected chi connectivity index (χ3v) is 2.61. The summed E-state index contributed by atoms with van der Waals surface area (Å²) in [6, 6.07) is 1.07. The molecule has 0 aromatic heterocycles. The molecule has 0 spiro atoms. The van der Waals surface area contributed by atoms with Crippen LogP contribution in [0.5, 0.6) is 11.5 Å². The van der Waals surface area contributed by atoms with Crippen molar-refractivity contribution >= 4 is 23.4 Å². The molecule has 22 heavy (non-hydrogen) atoms. The van der Waals surface area contributed by atoms with Crippen molar-refractivity contribution in [2.75, 3.05) is 21.3 Å². The summed E-state index contributed by atoms with van der Waals surface area (Å²) in [4.78, 5) is 31.7. The molecule has 0 atom stereocenters. The largest absolute Gasteiger partial charge is 0.490 e. The molecule has 0 aliphatic rings. The van der Waals surface area contributed by atoms with Gasteiger partial charge in [-0.15, -0.1) is 0 Å². The van der Waals surface area contributed by atoms with Gasteiger partial charge >= 0.3 is 17.3 Å². The fraction of sp³-hybridized carbons (Fsp3) is 0.250. The van der Waals surface area contributed by atoms with E-state index in [1.54, 1.807) is 0 Å². The molecule has 1 rings (SSSR count). The smallest absolute Gasteiger partial charge is 0.359 e. The van der Waals surface area contributed by atoms with E-state index >= 15 is 0 Å². The highest BCUT2D eigenvalue weighted by molar-refractivity contribution is 5.89. The van der Waals surface area contributed by atoms with Gasteiger partial charge in [-0.25, -0.2) is 4.79 Å². The second-order valence-electron chi connectivity index (χ2n) is 3.77. The van der Waals surface area contributed by atoms with E-state index in [4.69, 9.17) is 9.47 Å². The van der Waals surface area contributed by atoms with E-state index < -0.39 is 32.9 Å². The Kier molecular flexibility index (Phi) is 5.38. The van der Waals surface area contributed by atoms with Crippen LogP contribution >= 0.6 is 0 Å². The van der Waals surface area contributed by atoms with Gasteiger partial charge in [-0.2, -0.15) is 0 Å². The lowest BCUT2D eigenvalue weighted by Crippen LogP contribution is -2.03. The normalized spacial score (nSPS) is 10.3. The Hall–Kier alpha value is -3.17. The zero-order valence-electron chi connectivity index (χ0n) is 11.9. The van der Waals surface area contributed by atoms with E-state index in [1.807, 2.05) is 0 Å². The van der Waals surface area contributed by atoms with E-state index in [-0.39, 0.29) is 11.3 Å². The average molecular weight is 312 g/mol. The summed E-state index contributed by atoms with van der Waals surface area (Å²) < 4.78 is 14.0. The lowest BCUT2D eigenvalue weighted by molar-refractivity contribution is -0.396. The number of ether oxygens (including phenoxy) is 3. The summed E-state index contributed by atoms with van der Waals surface area (Å²) in [6.45, 7) is 0. The first-order chi connectivity index (χ1) is 10.4. The lowest BCUT2D eigenvalue weighted by Gasteiger charge is -2.09. The maximum absolute atomic E-state index is 11.2. The molecule has 0 N–H and O–H groups in total. The van der Waals surface area contributed by atoms with Gasteiger partial charge in [0.15, 0.2) is 0 Å². The first-order valence-electron chi connectivity index (χ1n) is 5.71. The van der Waals surface area contributed by atoms with Crippen molar-refractivity contribution in [1.82, 2.24) is 0 Å². The maximum atomic E-state index is 11.2. The number of nitrogens with zero attached hydrogens (tertiary/aromatic N) is 2. The standard InChI is InChI=1S/C12H12N2O8/c1-20-8-6-7(4-5-9(15)21-2)10(13(16)17)12(22-3)11(8)14(18)19/h4-6H,1-3H3/b5-4+. The SMILES string of the molecule is COC(=O)/C=C/c1cc(OC)c([N+](=O)[O-])c(OC)c1[N+](=O)[O-]. The van der Waals surface area contributed by atoms with Crippen molar-refractivity contribution in [1.29, 1.82) is 0 Å². The molecule has 0 unspecified atom stereocenters. The van der Waals surface area contributed by atoms with Crippen molar-refractivity contribution < 1.29 is 28.9 Å². The zero-order chi connectivity index (χ0) is 16.9. The number of hydrogen-bond acceptors (Lipinski definition) is 8. The van der Waals surface area contributed by atoms with Crippen LogP contribution in [0.2, 0.25) is 0 Å². The summed E-state index contributed by atoms with van der Waals surface area (Å²) in [5, 5.41) is 22.3. The van der Waals surface area contributed by atoms with Gasteiger partial charge in [0.2, 0.25) is 5.75 Å². The fourth-order valence-corrected chi connectivity index (χ4v) is 1.70. The van der Waals surface area contributed by atoms with Crippen molar-refractivity contribution in [2.24, 2.45) is 0 Å². The summed E-state index contributed by atoms with van der Waals surface area (Å²) >= 11 is 0. The molecule has 0 aliphatic carbocycles. The van der Waals surface area contributed by atoms with E-state index in [1.165, 1.54) is 7.11 Å². The molecule has 10 heteroatoms. The van der Waals surface area contributed by atoms with Crippen LogP contribution in [-0.2, 0) is 9.53 Å². The van der Waals surface area contributed by atoms with Gasteiger partial charge in [-0.1, -0.05) is 0 Å². The molecule has 0 radical (unpaired) electrons. The zero-order valence-corrected chi connectivity index (χ0v) is 11.9. The highest BCUT2D eigenvalue weighted by Gasteiger charge is 2.34. The molecule has 0 bridgehead atoms. The number of hydrogen-bond donors (Lipinski definition) is 0. The number of methoxy groups -OCH3 is 3. The third kappa shape index (κ3) is 3.29. The Labute approximate surface area is 124 Å². The van der Waals surface area contributed by atoms with Gasteiger partial charge < -0.3 is 14.2 Å². The number of nitro groups is 2. The van der Waals surface area contributed by atoms with E-state index in [2.05, 4.69) is 4.74 Å². The number of esters is 1. The molecular formula is C12H12N2O8. The number of carbonyl (C=O) groups excluding carboxylic acids is 1. The first-order valence-corrected chi connectivity index (χ1v) is 5.71. The summed E-state index contributed by atoms with van der Waals surface area (Å²) in [6.07, 6.45) is 2.02. The number of rotatable bonds is 6. The van der Waals surface area contributed by atoms with E-state index in [0.717, 1.165) is 32.4 Å². The molecule has 0 saturated heterocycles. The predicted octanol–water partition coefficient (Wildman–Crippen LogP) is 1.71. The van der Waals surface area contributed by atoms with Gasteiger partial charge in [0.25, 0.3) is 5.75 Å². The van der Waals surface area contributed by atoms with Crippen LogP contribution in [-0.4, -0.2) is 37.1 Å². The Morgan fingerprint density at radius 1 is 1.09 bits per heavy atom. The molecule has 0 amide bonds. The predicted molar refractivity (Wildman–Crippen MR) is 73.9 cm³/mol. The highest BCUT2D eigenvalue weighted by atomic mass is 16.6. The second kappa shape index (κ2) is 7.02. The molecule has 1 aromatic carbocycles. The van der Waals surface area contributed by atoms with E-state index in [9.17, 15) is 25.0 Å². The van der Waals surface area contributed by atoms with Crippen LogP contribution < -0.4 is 9.47 Å². The summed E-state index contributed by atoms with van der Waals surface area (Å²) in [5.41, 5.74) is -1.43. The molecule has 1 aromatic rings. The molecule has 0 fully saturated rings. The minimum Gasteiger partial charge on any atom is -0.490 e. The molecule has 10 nitrogen and oxygen atoms in total. The van der Waals surface area contributed by atoms with Gasteiger partial charge in [0, 0.05) is 12.1 Å². The minimum atomic E-state index is -0.849. The fourth-order valence-electron chi connectivity index (χ4n) is 1.70. The Morgan fingerprint density at radius 2 is 1.68 bits per heavy atom. The van der Waals surface area contributed by atoms with Crippen LogP contribution in [0.25, 0.3) is 6.08 Å². The van der Waals surface area contributed by atoms with Gasteiger partial charge in [-0.05, 0) is 6.08 Å². The Bertz CT molecular complexity index is 653. The number of benzene rings is 1. The molecule has 118 valence electrons. The van der Waals surface area contributed by atoms with Crippen LogP contribution in [0.4, 0.5) is 11.4 Å².